The number of benzene rings is 2. The van der Waals surface area contributed by atoms with E-state index < -0.39 is 53.6 Å². The fourth-order valence-electron chi connectivity index (χ4n) is 5.28. The number of aliphatic carboxylic acids is 3. The van der Waals surface area contributed by atoms with Gasteiger partial charge in [0.25, 0.3) is 0 Å². The molecule has 2 rings (SSSR count). The molecule has 3 atom stereocenters. The molecule has 5 N–H and O–H groups in total. The molecule has 0 radical (unpaired) electrons. The van der Waals surface area contributed by atoms with E-state index in [9.17, 15) is 48.8 Å². The highest BCUT2D eigenvalue weighted by Crippen LogP contribution is 2.27. The highest BCUT2D eigenvalue weighted by Gasteiger charge is 2.49. The molecule has 12 heteroatoms. The average Bonchev–Trinajstić information content (AvgIpc) is 3.04. The van der Waals surface area contributed by atoms with Gasteiger partial charge < -0.3 is 30.5 Å². The number of aliphatic hydroxyl groups is 1. The molecule has 11 nitrogen and oxygen atoms in total. The number of carboxylic acid groups (broad SMARTS) is 3. The van der Waals surface area contributed by atoms with Crippen LogP contribution in [0.15, 0.2) is 60.7 Å². The standard InChI is InChI=1S/C37H48FNO10/c1-2-3-4-7-10-15-27(40)16-11-8-5-6-9-12-17-29(37(48,36(46)47)25-33(41)42)34(43)39-31(35(44)45)24-26-20-22-28(23-21-26)49-32-19-14-13-18-30(32)38/h12-14,17-23,29,31,48H,2-11,15-16,24-25H2,1H3,(H,39,43)(H,41,42)(H,44,45)(H,46,47)/b17-12+/t29-,31+,37+/m1/s1. The molecule has 0 aromatic heterocycles. The van der Waals surface area contributed by atoms with Gasteiger partial charge in [0.15, 0.2) is 17.2 Å². The van der Waals surface area contributed by atoms with Gasteiger partial charge in [-0.15, -0.1) is 0 Å². The molecule has 0 aliphatic heterocycles. The number of rotatable bonds is 25. The minimum Gasteiger partial charge on any atom is -0.481 e. The van der Waals surface area contributed by atoms with Gasteiger partial charge in [-0.25, -0.2) is 14.0 Å². The van der Waals surface area contributed by atoms with Crippen LogP contribution < -0.4 is 10.1 Å². The lowest BCUT2D eigenvalue weighted by Gasteiger charge is -2.29. The molecule has 2 aromatic carbocycles. The molecule has 0 aliphatic rings. The quantitative estimate of drug-likeness (QED) is 0.0573. The van der Waals surface area contributed by atoms with Crippen molar-refractivity contribution in [1.82, 2.24) is 5.32 Å². The molecule has 1 amide bonds. The molecule has 0 bridgehead atoms. The number of carboxylic acids is 3. The predicted molar refractivity (Wildman–Crippen MR) is 180 cm³/mol. The van der Waals surface area contributed by atoms with Crippen LogP contribution in [0.5, 0.6) is 11.5 Å². The number of carbonyl (C=O) groups excluding carboxylic acids is 2. The van der Waals surface area contributed by atoms with Crippen molar-refractivity contribution in [1.29, 1.82) is 0 Å². The largest absolute Gasteiger partial charge is 0.481 e. The number of para-hydroxylation sites is 1. The van der Waals surface area contributed by atoms with Crippen molar-refractivity contribution in [3.63, 3.8) is 0 Å². The van der Waals surface area contributed by atoms with E-state index in [2.05, 4.69) is 12.2 Å². The van der Waals surface area contributed by atoms with Crippen molar-refractivity contribution >= 4 is 29.6 Å². The third-order valence-electron chi connectivity index (χ3n) is 8.09. The summed E-state index contributed by atoms with van der Waals surface area (Å²) in [5, 5.41) is 42.1. The van der Waals surface area contributed by atoms with E-state index in [1.54, 1.807) is 6.07 Å². The minimum absolute atomic E-state index is 0.00686. The third-order valence-corrected chi connectivity index (χ3v) is 8.09. The van der Waals surface area contributed by atoms with E-state index in [0.717, 1.165) is 51.0 Å². The van der Waals surface area contributed by atoms with Crippen LogP contribution in [-0.2, 0) is 30.4 Å². The summed E-state index contributed by atoms with van der Waals surface area (Å²) in [6.45, 7) is 2.14. The Bertz CT molecular complexity index is 1410. The van der Waals surface area contributed by atoms with E-state index >= 15 is 0 Å². The van der Waals surface area contributed by atoms with Crippen LogP contribution in [0.4, 0.5) is 4.39 Å². The van der Waals surface area contributed by atoms with E-state index in [0.29, 0.717) is 31.2 Å². The Balaban J connectivity index is 2.01. The number of allylic oxidation sites excluding steroid dienone is 1. The zero-order valence-electron chi connectivity index (χ0n) is 27.9. The van der Waals surface area contributed by atoms with Crippen LogP contribution in [-0.4, -0.2) is 61.7 Å². The van der Waals surface area contributed by atoms with Crippen molar-refractivity contribution in [2.24, 2.45) is 5.92 Å². The highest BCUT2D eigenvalue weighted by molar-refractivity contribution is 5.94. The fourth-order valence-corrected chi connectivity index (χ4v) is 5.28. The molecular formula is C37H48FNO10. The van der Waals surface area contributed by atoms with Gasteiger partial charge in [0.05, 0.1) is 12.3 Å². The first-order valence-electron chi connectivity index (χ1n) is 16.8. The lowest BCUT2D eigenvalue weighted by Crippen LogP contribution is -2.55. The first-order chi connectivity index (χ1) is 23.4. The SMILES string of the molecule is CCCCCCCC(=O)CCCCCC/C=C/[C@H](C(=O)N[C@@H](Cc1ccc(Oc2ccccc2F)cc1)C(=O)O)[C@@](O)(CC(=O)O)C(=O)O. The molecule has 0 saturated carbocycles. The van der Waals surface area contributed by atoms with Gasteiger partial charge in [0.2, 0.25) is 5.91 Å². The van der Waals surface area contributed by atoms with Crippen molar-refractivity contribution < 1.29 is 53.5 Å². The third kappa shape index (κ3) is 14.6. The van der Waals surface area contributed by atoms with Gasteiger partial charge in [-0.1, -0.05) is 81.9 Å². The molecule has 49 heavy (non-hydrogen) atoms. The number of halogens is 1. The van der Waals surface area contributed by atoms with Crippen molar-refractivity contribution in [3.05, 3.63) is 72.1 Å². The molecule has 2 aromatic rings. The summed E-state index contributed by atoms with van der Waals surface area (Å²) >= 11 is 0. The zero-order valence-corrected chi connectivity index (χ0v) is 27.9. The Labute approximate surface area is 286 Å². The van der Waals surface area contributed by atoms with Crippen molar-refractivity contribution in [3.8, 4) is 11.5 Å². The topological polar surface area (TPSA) is 188 Å². The van der Waals surface area contributed by atoms with Gasteiger partial charge in [-0.3, -0.25) is 14.4 Å². The monoisotopic (exact) mass is 685 g/mol. The molecule has 0 heterocycles. The second kappa shape index (κ2) is 21.4. The second-order valence-electron chi connectivity index (χ2n) is 12.1. The van der Waals surface area contributed by atoms with Crippen LogP contribution in [0, 0.1) is 11.7 Å². The van der Waals surface area contributed by atoms with Crippen LogP contribution in [0.2, 0.25) is 0 Å². The number of nitrogens with one attached hydrogen (secondary N) is 1. The number of Topliss-reactive ketones (excluding diaryl/α,β-unsaturated/α-hetero) is 1. The lowest BCUT2D eigenvalue weighted by molar-refractivity contribution is -0.172. The maximum Gasteiger partial charge on any atom is 0.337 e. The van der Waals surface area contributed by atoms with Crippen LogP contribution >= 0.6 is 0 Å². The average molecular weight is 686 g/mol. The number of ether oxygens (including phenoxy) is 1. The first kappa shape index (κ1) is 40.6. The predicted octanol–water partition coefficient (Wildman–Crippen LogP) is 6.46. The van der Waals surface area contributed by atoms with Gasteiger partial charge in [0, 0.05) is 19.3 Å². The molecule has 268 valence electrons. The molecule has 0 spiro atoms. The Morgan fingerprint density at radius 1 is 0.857 bits per heavy atom. The molecule has 0 unspecified atom stereocenters. The van der Waals surface area contributed by atoms with Gasteiger partial charge in [-0.05, 0) is 55.5 Å². The summed E-state index contributed by atoms with van der Waals surface area (Å²) in [5.41, 5.74) is -2.62. The molecule has 0 aliphatic carbocycles. The second-order valence-corrected chi connectivity index (χ2v) is 12.1. The maximum absolute atomic E-state index is 13.9. The Hall–Kier alpha value is -4.58. The maximum atomic E-state index is 13.9. The number of hydrogen-bond donors (Lipinski definition) is 5. The smallest absolute Gasteiger partial charge is 0.337 e. The van der Waals surface area contributed by atoms with Crippen molar-refractivity contribution in [2.45, 2.75) is 108 Å². The summed E-state index contributed by atoms with van der Waals surface area (Å²) in [4.78, 5) is 61.0. The minimum atomic E-state index is -3.06. The molecule has 0 fully saturated rings. The lowest BCUT2D eigenvalue weighted by atomic mass is 9.82. The Morgan fingerprint density at radius 2 is 1.47 bits per heavy atom. The summed E-state index contributed by atoms with van der Waals surface area (Å²) in [5.74, 6) is -8.22. The molecule has 0 saturated heterocycles. The summed E-state index contributed by atoms with van der Waals surface area (Å²) in [6.07, 6.45) is 10.9. The van der Waals surface area contributed by atoms with Crippen molar-refractivity contribution in [2.75, 3.05) is 0 Å². The number of ketones is 1. The fraction of sp³-hybridized carbons (Fsp3) is 0.486. The number of amides is 1. The Morgan fingerprint density at radius 3 is 2.04 bits per heavy atom. The first-order valence-corrected chi connectivity index (χ1v) is 16.8. The van der Waals surface area contributed by atoms with Gasteiger partial charge >= 0.3 is 17.9 Å². The van der Waals surface area contributed by atoms with Gasteiger partial charge in [0.1, 0.15) is 17.6 Å². The van der Waals surface area contributed by atoms with Gasteiger partial charge in [-0.2, -0.15) is 0 Å². The van der Waals surface area contributed by atoms with E-state index in [1.165, 1.54) is 55.0 Å². The van der Waals surface area contributed by atoms with E-state index in [1.807, 2.05) is 0 Å². The summed E-state index contributed by atoms with van der Waals surface area (Å²) in [7, 11) is 0. The van der Waals surface area contributed by atoms with Crippen LogP contribution in [0.25, 0.3) is 0 Å². The number of hydrogen-bond acceptors (Lipinski definition) is 7. The van der Waals surface area contributed by atoms with E-state index in [4.69, 9.17) is 4.74 Å². The van der Waals surface area contributed by atoms with Crippen LogP contribution in [0.3, 0.4) is 0 Å². The highest BCUT2D eigenvalue weighted by atomic mass is 19.1. The number of carbonyl (C=O) groups is 5. The van der Waals surface area contributed by atoms with Crippen LogP contribution in [0.1, 0.15) is 96.0 Å². The summed E-state index contributed by atoms with van der Waals surface area (Å²) in [6, 6.07) is 10.2. The summed E-state index contributed by atoms with van der Waals surface area (Å²) < 4.78 is 19.4. The van der Waals surface area contributed by atoms with E-state index in [-0.39, 0.29) is 23.7 Å². The Kier molecular flexibility index (Phi) is 17.7. The normalized spacial score (nSPS) is 13.7. The number of unbranched alkanes of at least 4 members (excludes halogenated alkanes) is 8. The molecular weight excluding hydrogens is 637 g/mol. The zero-order chi connectivity index (χ0) is 36.2.